The van der Waals surface area contributed by atoms with Crippen LogP contribution in [-0.2, 0) is 16.1 Å². The van der Waals surface area contributed by atoms with E-state index in [4.69, 9.17) is 16.3 Å². The lowest BCUT2D eigenvalue weighted by Gasteiger charge is -2.26. The minimum absolute atomic E-state index is 0.267. The van der Waals surface area contributed by atoms with E-state index in [0.717, 1.165) is 22.2 Å². The maximum Gasteiger partial charge on any atom is 0.338 e. The van der Waals surface area contributed by atoms with Gasteiger partial charge in [-0.05, 0) is 57.5 Å². The molecule has 218 valence electrons. The van der Waals surface area contributed by atoms with E-state index < -0.39 is 12.0 Å². The van der Waals surface area contributed by atoms with E-state index >= 15 is 0 Å². The Hall–Kier alpha value is -4.27. The van der Waals surface area contributed by atoms with Gasteiger partial charge in [-0.1, -0.05) is 77.5 Å². The van der Waals surface area contributed by atoms with Gasteiger partial charge in [-0.2, -0.15) is 0 Å². The van der Waals surface area contributed by atoms with Gasteiger partial charge < -0.3 is 9.30 Å². The number of halogens is 2. The molecule has 0 radical (unpaired) electrons. The van der Waals surface area contributed by atoms with Crippen LogP contribution in [0, 0.1) is 12.7 Å². The van der Waals surface area contributed by atoms with Crippen LogP contribution in [0.25, 0.3) is 17.0 Å². The van der Waals surface area contributed by atoms with E-state index in [1.165, 1.54) is 22.0 Å². The van der Waals surface area contributed by atoms with Gasteiger partial charge in [0.15, 0.2) is 4.80 Å². The lowest BCUT2D eigenvalue weighted by molar-refractivity contribution is -0.143. The van der Waals surface area contributed by atoms with Gasteiger partial charge in [0.1, 0.15) is 11.9 Å². The van der Waals surface area contributed by atoms with Crippen LogP contribution in [-0.4, -0.2) is 21.2 Å². The standard InChI is InChI=1S/C34H29ClFN3O3S/c1-19(2)42-33(41)30-20(3)37-34-39(31(30)24-13-6-8-14-26(24)35)32(40)29(43-34)17-25-21(4)38(28-16-10-7-12-23(25)28)18-22-11-5-9-15-27(22)36/h5-17,19,31H,18H2,1-4H3. The molecule has 6 nitrogen and oxygen atoms in total. The highest BCUT2D eigenvalue weighted by molar-refractivity contribution is 7.07. The van der Waals surface area contributed by atoms with E-state index in [1.54, 1.807) is 45.0 Å². The molecule has 3 heterocycles. The van der Waals surface area contributed by atoms with Crippen molar-refractivity contribution in [3.05, 3.63) is 137 Å². The molecule has 6 rings (SSSR count). The summed E-state index contributed by atoms with van der Waals surface area (Å²) in [4.78, 5) is 32.7. The smallest absolute Gasteiger partial charge is 0.338 e. The highest BCUT2D eigenvalue weighted by Gasteiger charge is 2.35. The predicted octanol–water partition coefficient (Wildman–Crippen LogP) is 6.29. The molecular weight excluding hydrogens is 585 g/mol. The van der Waals surface area contributed by atoms with Crippen molar-refractivity contribution in [2.24, 2.45) is 4.99 Å². The van der Waals surface area contributed by atoms with Crippen molar-refractivity contribution in [1.82, 2.24) is 9.13 Å². The van der Waals surface area contributed by atoms with Crippen LogP contribution < -0.4 is 14.9 Å². The number of esters is 1. The number of ether oxygens (including phenoxy) is 1. The molecule has 0 N–H and O–H groups in total. The molecule has 0 saturated carbocycles. The Morgan fingerprint density at radius 1 is 1.07 bits per heavy atom. The predicted molar refractivity (Wildman–Crippen MR) is 169 cm³/mol. The average Bonchev–Trinajstić information content (AvgIpc) is 3.42. The highest BCUT2D eigenvalue weighted by atomic mass is 35.5. The van der Waals surface area contributed by atoms with Crippen molar-refractivity contribution < 1.29 is 13.9 Å². The summed E-state index contributed by atoms with van der Waals surface area (Å²) in [5, 5.41) is 1.38. The second-order valence-electron chi connectivity index (χ2n) is 10.8. The maximum absolute atomic E-state index is 14.6. The third-order valence-corrected chi connectivity index (χ3v) is 8.95. The lowest BCUT2D eigenvalue weighted by Crippen LogP contribution is -2.40. The summed E-state index contributed by atoms with van der Waals surface area (Å²) < 4.78 is 24.3. The van der Waals surface area contributed by atoms with Gasteiger partial charge >= 0.3 is 5.97 Å². The van der Waals surface area contributed by atoms with Crippen molar-refractivity contribution in [1.29, 1.82) is 0 Å². The third kappa shape index (κ3) is 5.15. The summed E-state index contributed by atoms with van der Waals surface area (Å²) >= 11 is 7.90. The molecule has 0 fully saturated rings. The zero-order chi connectivity index (χ0) is 30.4. The maximum atomic E-state index is 14.6. The molecule has 0 bridgehead atoms. The molecule has 9 heteroatoms. The zero-order valence-electron chi connectivity index (χ0n) is 24.1. The summed E-state index contributed by atoms with van der Waals surface area (Å²) in [6.07, 6.45) is 1.52. The number of carbonyl (C=O) groups excluding carboxylic acids is 1. The van der Waals surface area contributed by atoms with Crippen LogP contribution in [0.1, 0.15) is 49.2 Å². The van der Waals surface area contributed by atoms with E-state index in [-0.39, 0.29) is 23.1 Å². The number of rotatable bonds is 6. The van der Waals surface area contributed by atoms with Gasteiger partial charge in [0.05, 0.1) is 28.5 Å². The number of benzene rings is 3. The van der Waals surface area contributed by atoms with Crippen molar-refractivity contribution in [2.45, 2.75) is 46.4 Å². The lowest BCUT2D eigenvalue weighted by atomic mass is 9.96. The quantitative estimate of drug-likeness (QED) is 0.211. The Labute approximate surface area is 256 Å². The summed E-state index contributed by atoms with van der Waals surface area (Å²) in [6, 6.07) is 21.0. The molecule has 0 amide bonds. The zero-order valence-corrected chi connectivity index (χ0v) is 25.7. The molecule has 1 unspecified atom stereocenters. The molecule has 1 aliphatic heterocycles. The van der Waals surface area contributed by atoms with Crippen LogP contribution in [0.4, 0.5) is 4.39 Å². The first-order chi connectivity index (χ1) is 20.7. The molecule has 0 spiro atoms. The molecule has 0 aliphatic carbocycles. The molecule has 3 aromatic carbocycles. The number of para-hydroxylation sites is 1. The molecule has 1 atom stereocenters. The van der Waals surface area contributed by atoms with Crippen LogP contribution in [0.2, 0.25) is 5.02 Å². The fourth-order valence-corrected chi connectivity index (χ4v) is 6.89. The summed E-state index contributed by atoms with van der Waals surface area (Å²) in [7, 11) is 0. The number of hydrogen-bond donors (Lipinski definition) is 0. The Kier molecular flexibility index (Phi) is 7.66. The van der Waals surface area contributed by atoms with Gasteiger partial charge in [-0.15, -0.1) is 0 Å². The third-order valence-electron chi connectivity index (χ3n) is 7.63. The highest BCUT2D eigenvalue weighted by Crippen LogP contribution is 2.35. The van der Waals surface area contributed by atoms with Crippen molar-refractivity contribution in [2.75, 3.05) is 0 Å². The largest absolute Gasteiger partial charge is 0.459 e. The number of fused-ring (bicyclic) bond motifs is 2. The number of thiazole rings is 1. The van der Waals surface area contributed by atoms with Crippen molar-refractivity contribution in [3.8, 4) is 0 Å². The summed E-state index contributed by atoms with van der Waals surface area (Å²) in [5.41, 5.74) is 4.34. The second-order valence-corrected chi connectivity index (χ2v) is 12.2. The second kappa shape index (κ2) is 11.4. The van der Waals surface area contributed by atoms with Gasteiger partial charge in [0.25, 0.3) is 5.56 Å². The monoisotopic (exact) mass is 613 g/mol. The SMILES string of the molecule is CC1=C(C(=O)OC(C)C)C(c2ccccc2Cl)n2c(sc(=Cc3c(C)n(Cc4ccccc4F)c4ccccc34)c2=O)=N1. The Bertz CT molecular complexity index is 2120. The molecular formula is C34H29ClFN3O3S. The van der Waals surface area contributed by atoms with Crippen molar-refractivity contribution >= 4 is 45.9 Å². The van der Waals surface area contributed by atoms with Crippen molar-refractivity contribution in [3.63, 3.8) is 0 Å². The van der Waals surface area contributed by atoms with E-state index in [9.17, 15) is 14.0 Å². The molecule has 1 aliphatic rings. The minimum Gasteiger partial charge on any atom is -0.459 e. The van der Waals surface area contributed by atoms with Crippen LogP contribution in [0.15, 0.2) is 93.9 Å². The van der Waals surface area contributed by atoms with Crippen LogP contribution in [0.3, 0.4) is 0 Å². The normalized spacial score (nSPS) is 15.2. The molecule has 0 saturated heterocycles. The summed E-state index contributed by atoms with van der Waals surface area (Å²) in [6.45, 7) is 7.62. The summed E-state index contributed by atoms with van der Waals surface area (Å²) in [5.74, 6) is -0.807. The van der Waals surface area contributed by atoms with Crippen LogP contribution >= 0.6 is 22.9 Å². The fraction of sp³-hybridized carbons (Fsp3) is 0.206. The first-order valence-corrected chi connectivity index (χ1v) is 15.1. The number of nitrogens with zero attached hydrogens (tertiary/aromatic N) is 3. The molecule has 43 heavy (non-hydrogen) atoms. The van der Waals surface area contributed by atoms with Gasteiger partial charge in [0.2, 0.25) is 0 Å². The molecule has 2 aromatic heterocycles. The minimum atomic E-state index is -0.804. The van der Waals surface area contributed by atoms with Gasteiger partial charge in [0, 0.05) is 32.7 Å². The van der Waals surface area contributed by atoms with E-state index in [2.05, 4.69) is 9.56 Å². The Balaban J connectivity index is 1.56. The van der Waals surface area contributed by atoms with Crippen LogP contribution in [0.5, 0.6) is 0 Å². The number of aromatic nitrogens is 2. The average molecular weight is 614 g/mol. The fourth-order valence-electron chi connectivity index (χ4n) is 5.62. The van der Waals surface area contributed by atoms with E-state index in [0.29, 0.717) is 37.7 Å². The first-order valence-electron chi connectivity index (χ1n) is 13.9. The number of carbonyl (C=O) groups is 1. The van der Waals surface area contributed by atoms with E-state index in [1.807, 2.05) is 55.5 Å². The number of hydrogen-bond acceptors (Lipinski definition) is 5. The first kappa shape index (κ1) is 28.8. The Morgan fingerprint density at radius 3 is 2.51 bits per heavy atom. The topological polar surface area (TPSA) is 65.6 Å². The van der Waals surface area contributed by atoms with Gasteiger partial charge in [-0.25, -0.2) is 14.2 Å². The Morgan fingerprint density at radius 2 is 1.77 bits per heavy atom. The number of allylic oxidation sites excluding steroid dienone is 1. The van der Waals surface area contributed by atoms with Gasteiger partial charge in [-0.3, -0.25) is 9.36 Å². The molecule has 5 aromatic rings.